The van der Waals surface area contributed by atoms with Crippen molar-refractivity contribution in [3.63, 3.8) is 0 Å². The molecular formula is C22H28N2O4. The third-order valence-corrected chi connectivity index (χ3v) is 5.07. The zero-order valence-electron chi connectivity index (χ0n) is 16.7. The minimum absolute atomic E-state index is 0.00264. The molecule has 0 unspecified atom stereocenters. The number of ether oxygens (including phenoxy) is 1. The van der Waals surface area contributed by atoms with Gasteiger partial charge >= 0.3 is 0 Å². The monoisotopic (exact) mass is 384 g/mol. The van der Waals surface area contributed by atoms with Crippen LogP contribution in [0.25, 0.3) is 0 Å². The number of nitrogens with one attached hydrogen (secondary N) is 1. The molecule has 2 aromatic rings. The molecule has 6 nitrogen and oxygen atoms in total. The van der Waals surface area contributed by atoms with Crippen LogP contribution in [0.2, 0.25) is 0 Å². The molecule has 28 heavy (non-hydrogen) atoms. The Morgan fingerprint density at radius 1 is 1.25 bits per heavy atom. The molecule has 1 saturated heterocycles. The highest BCUT2D eigenvalue weighted by molar-refractivity contribution is 5.93. The fourth-order valence-electron chi connectivity index (χ4n) is 3.45. The summed E-state index contributed by atoms with van der Waals surface area (Å²) in [4.78, 5) is 26.4. The first-order chi connectivity index (χ1) is 13.4. The number of carbonyl (C=O) groups is 2. The van der Waals surface area contributed by atoms with E-state index < -0.39 is 0 Å². The van der Waals surface area contributed by atoms with Crippen LogP contribution in [0.15, 0.2) is 41.2 Å². The Bertz CT molecular complexity index is 806. The lowest BCUT2D eigenvalue weighted by Crippen LogP contribution is -2.47. The molecule has 150 valence electrons. The smallest absolute Gasteiger partial charge is 0.258 e. The number of furan rings is 1. The summed E-state index contributed by atoms with van der Waals surface area (Å²) in [7, 11) is 0. The van der Waals surface area contributed by atoms with E-state index in [0.717, 1.165) is 29.7 Å². The van der Waals surface area contributed by atoms with Crippen LogP contribution in [-0.4, -0.2) is 42.5 Å². The van der Waals surface area contributed by atoms with Gasteiger partial charge in [-0.3, -0.25) is 9.59 Å². The quantitative estimate of drug-likeness (QED) is 0.827. The van der Waals surface area contributed by atoms with E-state index in [9.17, 15) is 9.59 Å². The molecular weight excluding hydrogens is 356 g/mol. The number of carbonyl (C=O) groups excluding carboxylic acids is 2. The summed E-state index contributed by atoms with van der Waals surface area (Å²) in [6.45, 7) is 7.45. The second-order valence-corrected chi connectivity index (χ2v) is 7.63. The van der Waals surface area contributed by atoms with Crippen molar-refractivity contribution in [1.82, 2.24) is 10.2 Å². The van der Waals surface area contributed by atoms with E-state index in [0.29, 0.717) is 24.6 Å². The number of hydrogen-bond donors (Lipinski definition) is 1. The van der Waals surface area contributed by atoms with Crippen molar-refractivity contribution in [2.75, 3.05) is 19.7 Å². The van der Waals surface area contributed by atoms with Gasteiger partial charge in [0.2, 0.25) is 0 Å². The third kappa shape index (κ3) is 4.94. The Balaban J connectivity index is 1.46. The van der Waals surface area contributed by atoms with Crippen molar-refractivity contribution in [3.8, 4) is 5.75 Å². The number of rotatable bonds is 6. The normalized spacial score (nSPS) is 14.9. The van der Waals surface area contributed by atoms with Crippen LogP contribution in [0.4, 0.5) is 0 Å². The summed E-state index contributed by atoms with van der Waals surface area (Å²) in [6.07, 6.45) is 4.43. The lowest BCUT2D eigenvalue weighted by atomic mass is 10.0. The maximum absolute atomic E-state index is 12.3. The number of benzene rings is 1. The number of nitrogens with zero attached hydrogens (tertiary/aromatic N) is 1. The number of amides is 2. The zero-order valence-corrected chi connectivity index (χ0v) is 16.7. The Labute approximate surface area is 165 Å². The van der Waals surface area contributed by atoms with Gasteiger partial charge in [-0.1, -0.05) is 26.0 Å². The molecule has 1 N–H and O–H groups in total. The summed E-state index contributed by atoms with van der Waals surface area (Å²) in [5.74, 6) is 0.944. The van der Waals surface area contributed by atoms with E-state index in [4.69, 9.17) is 9.15 Å². The van der Waals surface area contributed by atoms with Crippen LogP contribution in [0.1, 0.15) is 54.1 Å². The Morgan fingerprint density at radius 2 is 2.00 bits per heavy atom. The lowest BCUT2D eigenvalue weighted by Gasteiger charge is -2.32. The highest BCUT2D eigenvalue weighted by Crippen LogP contribution is 2.27. The average Bonchev–Trinajstić information content (AvgIpc) is 3.21. The van der Waals surface area contributed by atoms with E-state index in [1.807, 2.05) is 13.0 Å². The molecule has 6 heteroatoms. The van der Waals surface area contributed by atoms with E-state index in [2.05, 4.69) is 31.3 Å². The number of aryl methyl sites for hydroxylation is 1. The predicted molar refractivity (Wildman–Crippen MR) is 107 cm³/mol. The van der Waals surface area contributed by atoms with Crippen molar-refractivity contribution in [2.24, 2.45) is 0 Å². The number of hydrogen-bond acceptors (Lipinski definition) is 4. The Kier molecular flexibility index (Phi) is 6.39. The van der Waals surface area contributed by atoms with Gasteiger partial charge in [-0.25, -0.2) is 0 Å². The Morgan fingerprint density at radius 3 is 2.64 bits per heavy atom. The van der Waals surface area contributed by atoms with Crippen LogP contribution in [-0.2, 0) is 4.79 Å². The van der Waals surface area contributed by atoms with Gasteiger partial charge in [-0.05, 0) is 48.9 Å². The van der Waals surface area contributed by atoms with Crippen molar-refractivity contribution in [1.29, 1.82) is 0 Å². The van der Waals surface area contributed by atoms with E-state index in [1.165, 1.54) is 12.5 Å². The van der Waals surface area contributed by atoms with E-state index in [-0.39, 0.29) is 24.5 Å². The Hall–Kier alpha value is -2.76. The first kappa shape index (κ1) is 20.0. The molecule has 0 bridgehead atoms. The second-order valence-electron chi connectivity index (χ2n) is 7.63. The minimum Gasteiger partial charge on any atom is -0.483 e. The molecule has 3 rings (SSSR count). The SMILES string of the molecule is Cc1ccc(C(C)C)c(OCC(=O)NC2CCN(C(=O)c3ccoc3)CC2)c1. The summed E-state index contributed by atoms with van der Waals surface area (Å²) in [5, 5.41) is 3.03. The highest BCUT2D eigenvalue weighted by atomic mass is 16.5. The van der Waals surface area contributed by atoms with Gasteiger partial charge in [0.05, 0.1) is 11.8 Å². The predicted octanol–water partition coefficient (Wildman–Crippen LogP) is 3.51. The molecule has 1 fully saturated rings. The van der Waals surface area contributed by atoms with Crippen molar-refractivity contribution < 1.29 is 18.7 Å². The molecule has 0 saturated carbocycles. The fourth-order valence-corrected chi connectivity index (χ4v) is 3.45. The van der Waals surface area contributed by atoms with E-state index >= 15 is 0 Å². The molecule has 0 spiro atoms. The fraction of sp³-hybridized carbons (Fsp3) is 0.455. The van der Waals surface area contributed by atoms with Crippen molar-refractivity contribution in [2.45, 2.75) is 45.6 Å². The maximum Gasteiger partial charge on any atom is 0.258 e. The van der Waals surface area contributed by atoms with Gasteiger partial charge in [0, 0.05) is 19.1 Å². The molecule has 0 aliphatic carbocycles. The molecule has 1 aromatic carbocycles. The number of piperidine rings is 1. The highest BCUT2D eigenvalue weighted by Gasteiger charge is 2.25. The lowest BCUT2D eigenvalue weighted by molar-refractivity contribution is -0.124. The van der Waals surface area contributed by atoms with E-state index in [1.54, 1.807) is 11.0 Å². The molecule has 0 radical (unpaired) electrons. The second kappa shape index (κ2) is 8.95. The van der Waals surface area contributed by atoms with Crippen LogP contribution >= 0.6 is 0 Å². The first-order valence-corrected chi connectivity index (χ1v) is 9.78. The standard InChI is InChI=1S/C22H28N2O4/c1-15(2)19-5-4-16(3)12-20(19)28-14-21(25)23-18-6-9-24(10-7-18)22(26)17-8-11-27-13-17/h4-5,8,11-13,15,18H,6-7,9-10,14H2,1-3H3,(H,23,25). The van der Waals surface area contributed by atoms with Crippen molar-refractivity contribution >= 4 is 11.8 Å². The van der Waals surface area contributed by atoms with Crippen LogP contribution < -0.4 is 10.1 Å². The van der Waals surface area contributed by atoms with Crippen LogP contribution in [0.3, 0.4) is 0 Å². The molecule has 1 aliphatic rings. The first-order valence-electron chi connectivity index (χ1n) is 9.78. The summed E-state index contributed by atoms with van der Waals surface area (Å²) in [5.41, 5.74) is 2.77. The van der Waals surface area contributed by atoms with Gasteiger partial charge in [-0.2, -0.15) is 0 Å². The molecule has 1 aliphatic heterocycles. The maximum atomic E-state index is 12.3. The third-order valence-electron chi connectivity index (χ3n) is 5.07. The minimum atomic E-state index is -0.129. The van der Waals surface area contributed by atoms with Gasteiger partial charge in [0.15, 0.2) is 6.61 Å². The zero-order chi connectivity index (χ0) is 20.1. The van der Waals surface area contributed by atoms with Crippen LogP contribution in [0, 0.1) is 6.92 Å². The molecule has 1 aromatic heterocycles. The van der Waals surface area contributed by atoms with Crippen LogP contribution in [0.5, 0.6) is 5.75 Å². The van der Waals surface area contributed by atoms with Crippen molar-refractivity contribution in [3.05, 3.63) is 53.5 Å². The molecule has 2 heterocycles. The molecule has 2 amide bonds. The topological polar surface area (TPSA) is 71.8 Å². The van der Waals surface area contributed by atoms with Gasteiger partial charge < -0.3 is 19.4 Å². The average molecular weight is 384 g/mol. The summed E-state index contributed by atoms with van der Waals surface area (Å²) < 4.78 is 10.8. The van der Waals surface area contributed by atoms with Gasteiger partial charge in [0.1, 0.15) is 12.0 Å². The number of likely N-dealkylation sites (tertiary alicyclic amines) is 1. The van der Waals surface area contributed by atoms with Gasteiger partial charge in [-0.15, -0.1) is 0 Å². The summed E-state index contributed by atoms with van der Waals surface area (Å²) in [6, 6.07) is 7.82. The van der Waals surface area contributed by atoms with Gasteiger partial charge in [0.25, 0.3) is 11.8 Å². The largest absolute Gasteiger partial charge is 0.483 e. The molecule has 0 atom stereocenters. The summed E-state index contributed by atoms with van der Waals surface area (Å²) >= 11 is 0.